The highest BCUT2D eigenvalue weighted by molar-refractivity contribution is 6.31. The molecule has 4 nitrogen and oxygen atoms in total. The van der Waals surface area contributed by atoms with Crippen molar-refractivity contribution in [1.82, 2.24) is 4.90 Å². The molecule has 5 heteroatoms. The van der Waals surface area contributed by atoms with Crippen molar-refractivity contribution in [1.29, 1.82) is 0 Å². The monoisotopic (exact) mass is 281 g/mol. The minimum Gasteiger partial charge on any atom is -0.366 e. The Labute approximate surface area is 118 Å². The van der Waals surface area contributed by atoms with Crippen LogP contribution >= 0.6 is 11.6 Å². The molecule has 1 amide bonds. The predicted octanol–water partition coefficient (Wildman–Crippen LogP) is 1.61. The number of rotatable bonds is 4. The van der Waals surface area contributed by atoms with E-state index in [-0.39, 0.29) is 0 Å². The van der Waals surface area contributed by atoms with Crippen LogP contribution in [0, 0.1) is 5.92 Å². The molecular formula is C14H20ClN3O. The normalized spacial score (nSPS) is 23.7. The van der Waals surface area contributed by atoms with E-state index in [0.29, 0.717) is 22.5 Å². The summed E-state index contributed by atoms with van der Waals surface area (Å²) in [6, 6.07) is 5.76. The molecule has 0 radical (unpaired) electrons. The molecule has 0 spiro atoms. The molecule has 1 aromatic rings. The summed E-state index contributed by atoms with van der Waals surface area (Å²) in [5.41, 5.74) is 12.4. The topological polar surface area (TPSA) is 72.3 Å². The zero-order valence-corrected chi connectivity index (χ0v) is 11.9. The highest BCUT2D eigenvalue weighted by Gasteiger charge is 2.28. The molecule has 1 aliphatic rings. The van der Waals surface area contributed by atoms with Crippen LogP contribution in [0.5, 0.6) is 0 Å². The lowest BCUT2D eigenvalue weighted by Crippen LogP contribution is -2.27. The molecule has 2 atom stereocenters. The Hall–Kier alpha value is -1.10. The summed E-state index contributed by atoms with van der Waals surface area (Å²) >= 11 is 6.21. The molecule has 19 heavy (non-hydrogen) atoms. The van der Waals surface area contributed by atoms with E-state index < -0.39 is 5.91 Å². The van der Waals surface area contributed by atoms with Crippen molar-refractivity contribution < 1.29 is 4.79 Å². The minimum atomic E-state index is -0.453. The maximum Gasteiger partial charge on any atom is 0.248 e. The van der Waals surface area contributed by atoms with E-state index in [4.69, 9.17) is 23.1 Å². The van der Waals surface area contributed by atoms with E-state index in [1.54, 1.807) is 12.1 Å². The van der Waals surface area contributed by atoms with Crippen molar-refractivity contribution in [2.75, 3.05) is 13.1 Å². The van der Waals surface area contributed by atoms with Crippen LogP contribution in [-0.4, -0.2) is 29.9 Å². The Balaban J connectivity index is 2.09. The molecule has 1 aromatic carbocycles. The van der Waals surface area contributed by atoms with Gasteiger partial charge < -0.3 is 11.5 Å². The van der Waals surface area contributed by atoms with Crippen molar-refractivity contribution in [3.8, 4) is 0 Å². The Morgan fingerprint density at radius 2 is 2.26 bits per heavy atom. The van der Waals surface area contributed by atoms with Crippen molar-refractivity contribution in [2.24, 2.45) is 17.4 Å². The molecule has 4 N–H and O–H groups in total. The lowest BCUT2D eigenvalue weighted by molar-refractivity contribution is 0.100. The second kappa shape index (κ2) is 5.90. The number of carbonyl (C=O) groups excluding carboxylic acids is 1. The number of hydrogen-bond donors (Lipinski definition) is 2. The van der Waals surface area contributed by atoms with Crippen LogP contribution in [0.1, 0.15) is 29.3 Å². The van der Waals surface area contributed by atoms with Gasteiger partial charge in [-0.2, -0.15) is 0 Å². The Morgan fingerprint density at radius 1 is 1.53 bits per heavy atom. The first-order chi connectivity index (χ1) is 9.01. The number of primary amides is 1. The van der Waals surface area contributed by atoms with Crippen LogP contribution < -0.4 is 11.5 Å². The summed E-state index contributed by atoms with van der Waals surface area (Å²) in [6.45, 7) is 4.73. The average Bonchev–Trinajstić information content (AvgIpc) is 2.72. The number of nitrogens with zero attached hydrogens (tertiary/aromatic N) is 1. The molecule has 0 aliphatic carbocycles. The van der Waals surface area contributed by atoms with Gasteiger partial charge in [-0.25, -0.2) is 0 Å². The van der Waals surface area contributed by atoms with Gasteiger partial charge in [0, 0.05) is 29.7 Å². The molecule has 0 bridgehead atoms. The summed E-state index contributed by atoms with van der Waals surface area (Å²) in [5.74, 6) is 0.116. The van der Waals surface area contributed by atoms with Gasteiger partial charge in [0.25, 0.3) is 0 Å². The lowest BCUT2D eigenvalue weighted by atomic mass is 10.1. The molecule has 1 fully saturated rings. The number of likely N-dealkylation sites (tertiary alicyclic amines) is 1. The highest BCUT2D eigenvalue weighted by atomic mass is 35.5. The van der Waals surface area contributed by atoms with Gasteiger partial charge in [0.15, 0.2) is 0 Å². The summed E-state index contributed by atoms with van der Waals surface area (Å²) in [6.07, 6.45) is 1.13. The molecule has 1 heterocycles. The number of carbonyl (C=O) groups is 1. The molecule has 0 saturated carbocycles. The molecule has 1 saturated heterocycles. The summed E-state index contributed by atoms with van der Waals surface area (Å²) in [4.78, 5) is 13.5. The quantitative estimate of drug-likeness (QED) is 0.881. The third-order valence-corrected chi connectivity index (χ3v) is 4.19. The van der Waals surface area contributed by atoms with E-state index in [2.05, 4.69) is 11.8 Å². The Bertz CT molecular complexity index is 478. The molecule has 104 valence electrons. The number of hydrogen-bond acceptors (Lipinski definition) is 3. The van der Waals surface area contributed by atoms with Crippen LogP contribution in [0.25, 0.3) is 0 Å². The summed E-state index contributed by atoms with van der Waals surface area (Å²) < 4.78 is 0. The molecular weight excluding hydrogens is 262 g/mol. The van der Waals surface area contributed by atoms with Gasteiger partial charge in [0.2, 0.25) is 5.91 Å². The summed E-state index contributed by atoms with van der Waals surface area (Å²) in [7, 11) is 0. The van der Waals surface area contributed by atoms with Crippen LogP contribution in [-0.2, 0) is 6.54 Å². The van der Waals surface area contributed by atoms with Gasteiger partial charge in [-0.1, -0.05) is 17.7 Å². The van der Waals surface area contributed by atoms with E-state index >= 15 is 0 Å². The second-order valence-corrected chi connectivity index (χ2v) is 5.69. The Morgan fingerprint density at radius 3 is 2.79 bits per heavy atom. The van der Waals surface area contributed by atoms with E-state index in [1.165, 1.54) is 0 Å². The maximum atomic E-state index is 11.1. The second-order valence-electron chi connectivity index (χ2n) is 5.29. The maximum absolute atomic E-state index is 11.1. The molecule has 2 rings (SSSR count). The first-order valence-electron chi connectivity index (χ1n) is 6.53. The molecule has 2 unspecified atom stereocenters. The fourth-order valence-electron chi connectivity index (χ4n) is 2.66. The van der Waals surface area contributed by atoms with E-state index in [1.807, 2.05) is 6.07 Å². The lowest BCUT2D eigenvalue weighted by Gasteiger charge is -2.21. The predicted molar refractivity (Wildman–Crippen MR) is 77.0 cm³/mol. The van der Waals surface area contributed by atoms with Crippen LogP contribution in [0.4, 0.5) is 0 Å². The first kappa shape index (κ1) is 14.3. The minimum absolute atomic E-state index is 0.447. The first-order valence-corrected chi connectivity index (χ1v) is 6.91. The third kappa shape index (κ3) is 3.26. The van der Waals surface area contributed by atoms with Crippen LogP contribution in [0.15, 0.2) is 18.2 Å². The molecule has 0 aromatic heterocycles. The van der Waals surface area contributed by atoms with Gasteiger partial charge >= 0.3 is 0 Å². The van der Waals surface area contributed by atoms with Crippen LogP contribution in [0.3, 0.4) is 0 Å². The van der Waals surface area contributed by atoms with Gasteiger partial charge in [-0.3, -0.25) is 9.69 Å². The number of nitrogens with two attached hydrogens (primary N) is 2. The number of benzene rings is 1. The van der Waals surface area contributed by atoms with Gasteiger partial charge in [-0.15, -0.1) is 0 Å². The van der Waals surface area contributed by atoms with Gasteiger partial charge in [0.1, 0.15) is 0 Å². The van der Waals surface area contributed by atoms with Gasteiger partial charge in [0.05, 0.1) is 0 Å². The average molecular weight is 282 g/mol. The number of amides is 1. The fraction of sp³-hybridized carbons (Fsp3) is 0.500. The van der Waals surface area contributed by atoms with Crippen molar-refractivity contribution >= 4 is 17.5 Å². The van der Waals surface area contributed by atoms with E-state index in [9.17, 15) is 4.79 Å². The van der Waals surface area contributed by atoms with Crippen molar-refractivity contribution in [3.63, 3.8) is 0 Å². The largest absolute Gasteiger partial charge is 0.366 e. The zero-order valence-electron chi connectivity index (χ0n) is 11.1. The zero-order chi connectivity index (χ0) is 14.0. The van der Waals surface area contributed by atoms with Crippen molar-refractivity contribution in [2.45, 2.75) is 25.9 Å². The third-order valence-electron chi connectivity index (χ3n) is 3.83. The Kier molecular flexibility index (Phi) is 4.45. The van der Waals surface area contributed by atoms with Crippen molar-refractivity contribution in [3.05, 3.63) is 34.3 Å². The summed E-state index contributed by atoms with van der Waals surface area (Å²) in [5, 5.41) is 0.597. The van der Waals surface area contributed by atoms with E-state index in [0.717, 1.165) is 31.6 Å². The fourth-order valence-corrected chi connectivity index (χ4v) is 2.90. The number of halogens is 1. The smallest absolute Gasteiger partial charge is 0.248 e. The highest BCUT2D eigenvalue weighted by Crippen LogP contribution is 2.27. The van der Waals surface area contributed by atoms with Gasteiger partial charge in [-0.05, 0) is 43.5 Å². The van der Waals surface area contributed by atoms with Crippen LogP contribution in [0.2, 0.25) is 5.02 Å². The SMILES string of the molecule is CC1CC(CN)CN1Cc1ccc(C(N)=O)cc1Cl. The molecule has 1 aliphatic heterocycles. The standard InChI is InChI=1S/C14H20ClN3O/c1-9-4-10(6-16)7-18(9)8-12-3-2-11(14(17)19)5-13(12)15/h2-3,5,9-10H,4,6-8,16H2,1H3,(H2,17,19).